The lowest BCUT2D eigenvalue weighted by molar-refractivity contribution is -0.129. The monoisotopic (exact) mass is 411 g/mol. The van der Waals surface area contributed by atoms with Crippen LogP contribution in [0, 0.1) is 29.6 Å². The van der Waals surface area contributed by atoms with Gasteiger partial charge in [0, 0.05) is 24.1 Å². The second kappa shape index (κ2) is 8.18. The van der Waals surface area contributed by atoms with Crippen LogP contribution < -0.4 is 10.1 Å². The molecule has 1 aromatic rings. The van der Waals surface area contributed by atoms with Gasteiger partial charge in [-0.2, -0.15) is 0 Å². The molecule has 0 aliphatic heterocycles. The van der Waals surface area contributed by atoms with Gasteiger partial charge < -0.3 is 15.2 Å². The Labute approximate surface area is 170 Å². The third-order valence-electron chi connectivity index (χ3n) is 6.85. The lowest BCUT2D eigenvalue weighted by Gasteiger charge is -2.58. The van der Waals surface area contributed by atoms with Gasteiger partial charge in [0.2, 0.25) is 5.91 Å². The Kier molecular flexibility index (Phi) is 5.86. The van der Waals surface area contributed by atoms with Gasteiger partial charge in [0.25, 0.3) is 0 Å². The van der Waals surface area contributed by atoms with Gasteiger partial charge in [0.05, 0.1) is 11.6 Å². The summed E-state index contributed by atoms with van der Waals surface area (Å²) >= 11 is 12.0. The predicted molar refractivity (Wildman–Crippen MR) is 106 cm³/mol. The van der Waals surface area contributed by atoms with E-state index in [2.05, 4.69) is 5.32 Å². The van der Waals surface area contributed by atoms with E-state index in [9.17, 15) is 9.90 Å². The Hall–Kier alpha value is -0.970. The molecule has 0 radical (unpaired) electrons. The summed E-state index contributed by atoms with van der Waals surface area (Å²) < 4.78 is 5.66. The third kappa shape index (κ3) is 4.08. The Bertz CT molecular complexity index is 698. The smallest absolute Gasteiger partial charge is 0.220 e. The van der Waals surface area contributed by atoms with Crippen LogP contribution in [0.4, 0.5) is 0 Å². The summed E-state index contributed by atoms with van der Waals surface area (Å²) in [6.45, 7) is 0.701. The molecule has 4 saturated carbocycles. The maximum atomic E-state index is 12.5. The highest BCUT2D eigenvalue weighted by Crippen LogP contribution is 2.56. The van der Waals surface area contributed by atoms with Crippen LogP contribution in [0.2, 0.25) is 10.0 Å². The molecular weight excluding hydrogens is 385 g/mol. The topological polar surface area (TPSA) is 58.6 Å². The molecule has 4 bridgehead atoms. The number of aliphatic hydroxyl groups excluding tert-OH is 1. The van der Waals surface area contributed by atoms with Crippen molar-refractivity contribution in [3.8, 4) is 5.75 Å². The number of carbonyl (C=O) groups is 1. The fourth-order valence-corrected chi connectivity index (χ4v) is 6.28. The third-order valence-corrected chi connectivity index (χ3v) is 7.38. The summed E-state index contributed by atoms with van der Waals surface area (Å²) in [4.78, 5) is 12.5. The van der Waals surface area contributed by atoms with E-state index >= 15 is 0 Å². The van der Waals surface area contributed by atoms with Crippen molar-refractivity contribution in [2.45, 2.75) is 44.6 Å². The molecule has 0 spiro atoms. The van der Waals surface area contributed by atoms with Gasteiger partial charge in [0.1, 0.15) is 5.75 Å². The van der Waals surface area contributed by atoms with E-state index in [-0.39, 0.29) is 18.6 Å². The molecule has 27 heavy (non-hydrogen) atoms. The van der Waals surface area contributed by atoms with Crippen LogP contribution in [0.15, 0.2) is 18.2 Å². The molecule has 0 heterocycles. The summed E-state index contributed by atoms with van der Waals surface area (Å²) in [6, 6.07) is 5.37. The van der Waals surface area contributed by atoms with Crippen LogP contribution in [0.25, 0.3) is 0 Å². The normalized spacial score (nSPS) is 33.9. The van der Waals surface area contributed by atoms with E-state index in [4.69, 9.17) is 27.9 Å². The molecule has 148 valence electrons. The van der Waals surface area contributed by atoms with E-state index in [1.807, 2.05) is 0 Å². The van der Waals surface area contributed by atoms with Crippen LogP contribution in [0.5, 0.6) is 5.75 Å². The summed E-state index contributed by atoms with van der Waals surface area (Å²) in [6.07, 6.45) is 5.94. The highest BCUT2D eigenvalue weighted by Gasteiger charge is 2.53. The number of rotatable bonds is 7. The van der Waals surface area contributed by atoms with E-state index in [1.165, 1.54) is 25.7 Å². The maximum absolute atomic E-state index is 12.5. The number of benzene rings is 1. The minimum Gasteiger partial charge on any atom is -0.492 e. The quantitative estimate of drug-likeness (QED) is 0.657. The van der Waals surface area contributed by atoms with Gasteiger partial charge in [-0.05, 0) is 79.9 Å². The molecule has 6 unspecified atom stereocenters. The fourth-order valence-electron chi connectivity index (χ4n) is 5.82. The molecular formula is C21H27Cl2NO3. The van der Waals surface area contributed by atoms with Crippen molar-refractivity contribution in [3.63, 3.8) is 0 Å². The van der Waals surface area contributed by atoms with Crippen LogP contribution in [0.3, 0.4) is 0 Å². The van der Waals surface area contributed by atoms with E-state index in [0.29, 0.717) is 58.9 Å². The SMILES string of the molecule is O=C(CCCOc1ccc(Cl)cc1Cl)NC1C2CC3CC(C2)C(CO)C1C3. The number of hydrogen-bond donors (Lipinski definition) is 2. The molecule has 4 aliphatic carbocycles. The number of ether oxygens (including phenoxy) is 1. The first-order chi connectivity index (χ1) is 13.0. The minimum absolute atomic E-state index is 0.0926. The molecule has 1 aromatic carbocycles. The number of aliphatic hydroxyl groups is 1. The highest BCUT2D eigenvalue weighted by atomic mass is 35.5. The highest BCUT2D eigenvalue weighted by molar-refractivity contribution is 6.35. The first-order valence-electron chi connectivity index (χ1n) is 10.0. The van der Waals surface area contributed by atoms with Gasteiger partial charge in [-0.25, -0.2) is 0 Å². The number of nitrogens with one attached hydrogen (secondary N) is 1. The molecule has 5 rings (SSSR count). The molecule has 4 nitrogen and oxygen atoms in total. The minimum atomic E-state index is 0.0926. The molecule has 1 amide bonds. The van der Waals surface area contributed by atoms with Crippen LogP contribution >= 0.6 is 23.2 Å². The van der Waals surface area contributed by atoms with Gasteiger partial charge in [-0.1, -0.05) is 23.2 Å². The second-order valence-corrected chi connectivity index (χ2v) is 9.30. The van der Waals surface area contributed by atoms with E-state index in [0.717, 1.165) is 5.92 Å². The first kappa shape index (κ1) is 19.4. The van der Waals surface area contributed by atoms with E-state index < -0.39 is 0 Å². The van der Waals surface area contributed by atoms with Crippen molar-refractivity contribution in [3.05, 3.63) is 28.2 Å². The summed E-state index contributed by atoms with van der Waals surface area (Å²) in [5, 5.41) is 14.2. The Morgan fingerprint density at radius 1 is 1.19 bits per heavy atom. The van der Waals surface area contributed by atoms with Crippen molar-refractivity contribution in [2.75, 3.05) is 13.2 Å². The lowest BCUT2D eigenvalue weighted by Crippen LogP contribution is -2.60. The van der Waals surface area contributed by atoms with Gasteiger partial charge in [-0.3, -0.25) is 4.79 Å². The zero-order chi connectivity index (χ0) is 19.0. The number of carbonyl (C=O) groups excluding carboxylic acids is 1. The van der Waals surface area contributed by atoms with Crippen molar-refractivity contribution < 1.29 is 14.6 Å². The molecule has 6 heteroatoms. The first-order valence-corrected chi connectivity index (χ1v) is 10.8. The van der Waals surface area contributed by atoms with Gasteiger partial charge >= 0.3 is 0 Å². The van der Waals surface area contributed by atoms with Crippen molar-refractivity contribution in [1.82, 2.24) is 5.32 Å². The molecule has 6 atom stereocenters. The van der Waals surface area contributed by atoms with E-state index in [1.54, 1.807) is 18.2 Å². The predicted octanol–water partition coefficient (Wildman–Crippen LogP) is 4.31. The lowest BCUT2D eigenvalue weighted by atomic mass is 9.50. The van der Waals surface area contributed by atoms with Crippen molar-refractivity contribution in [2.24, 2.45) is 29.6 Å². The maximum Gasteiger partial charge on any atom is 0.220 e. The largest absolute Gasteiger partial charge is 0.492 e. The second-order valence-electron chi connectivity index (χ2n) is 8.46. The zero-order valence-electron chi connectivity index (χ0n) is 15.4. The molecule has 0 saturated heterocycles. The molecule has 4 fully saturated rings. The van der Waals surface area contributed by atoms with Gasteiger partial charge in [-0.15, -0.1) is 0 Å². The van der Waals surface area contributed by atoms with Crippen molar-refractivity contribution in [1.29, 1.82) is 0 Å². The standard InChI is InChI=1S/C21H27Cl2NO3/c22-15-3-4-19(18(23)10-15)27-5-1-2-20(26)24-21-14-7-12-6-13(9-14)17(11-25)16(21)8-12/h3-4,10,12-14,16-17,21,25H,1-2,5-9,11H2,(H,24,26). The fraction of sp³-hybridized carbons (Fsp3) is 0.667. The average Bonchev–Trinajstić information content (AvgIpc) is 2.63. The Morgan fingerprint density at radius 3 is 2.78 bits per heavy atom. The molecule has 2 N–H and O–H groups in total. The number of halogens is 2. The van der Waals surface area contributed by atoms with Crippen LogP contribution in [-0.4, -0.2) is 30.3 Å². The number of amides is 1. The zero-order valence-corrected chi connectivity index (χ0v) is 16.9. The Morgan fingerprint density at radius 2 is 2.00 bits per heavy atom. The summed E-state index contributed by atoms with van der Waals surface area (Å²) in [5.74, 6) is 3.60. The van der Waals surface area contributed by atoms with Crippen molar-refractivity contribution >= 4 is 29.1 Å². The van der Waals surface area contributed by atoms with Gasteiger partial charge in [0.15, 0.2) is 0 Å². The number of hydrogen-bond acceptors (Lipinski definition) is 3. The Balaban J connectivity index is 1.25. The molecule has 0 aromatic heterocycles. The average molecular weight is 412 g/mol. The van der Waals surface area contributed by atoms with Crippen LogP contribution in [0.1, 0.15) is 38.5 Å². The molecule has 4 aliphatic rings. The summed E-state index contributed by atoms with van der Waals surface area (Å²) in [5.41, 5.74) is 0. The van der Waals surface area contributed by atoms with Crippen LogP contribution in [-0.2, 0) is 4.79 Å². The summed E-state index contributed by atoms with van der Waals surface area (Å²) in [7, 11) is 0.